The number of aromatic nitrogens is 1. The Bertz CT molecular complexity index is 827. The van der Waals surface area contributed by atoms with E-state index in [0.717, 1.165) is 6.20 Å². The van der Waals surface area contributed by atoms with Crippen LogP contribution in [0.1, 0.15) is 0 Å². The third-order valence-corrected chi connectivity index (χ3v) is 4.91. The zero-order valence-electron chi connectivity index (χ0n) is 11.0. The summed E-state index contributed by atoms with van der Waals surface area (Å²) in [6, 6.07) is 6.00. The maximum absolute atomic E-state index is 12.3. The Morgan fingerprint density at radius 1 is 1.09 bits per heavy atom. The van der Waals surface area contributed by atoms with Crippen LogP contribution in [-0.2, 0) is 10.0 Å². The highest BCUT2D eigenvalue weighted by molar-refractivity contribution is 7.92. The number of nitrogens with one attached hydrogen (secondary N) is 1. The van der Waals surface area contributed by atoms with Gasteiger partial charge in [-0.3, -0.25) is 4.72 Å². The van der Waals surface area contributed by atoms with Crippen LogP contribution in [0.4, 0.5) is 5.69 Å². The summed E-state index contributed by atoms with van der Waals surface area (Å²) >= 11 is 11.5. The van der Waals surface area contributed by atoms with E-state index in [-0.39, 0.29) is 15.1 Å². The van der Waals surface area contributed by atoms with E-state index >= 15 is 0 Å². The zero-order chi connectivity index (χ0) is 15.7. The van der Waals surface area contributed by atoms with Gasteiger partial charge in [0.2, 0.25) is 0 Å². The number of hydrogen-bond donors (Lipinski definition) is 1. The summed E-state index contributed by atoms with van der Waals surface area (Å²) in [7, 11) is -3.83. The van der Waals surface area contributed by atoms with Gasteiger partial charge in [-0.2, -0.15) is 0 Å². The summed E-state index contributed by atoms with van der Waals surface area (Å²) in [4.78, 5) is 3.64. The molecule has 6 nitrogen and oxygen atoms in total. The number of nitrogens with zero attached hydrogens (tertiary/aromatic N) is 1. The third-order valence-electron chi connectivity index (χ3n) is 2.88. The molecule has 1 aliphatic heterocycles. The number of anilines is 1. The molecule has 9 heteroatoms. The largest absolute Gasteiger partial charge is 0.486 e. The summed E-state index contributed by atoms with van der Waals surface area (Å²) in [6.45, 7) is 0.882. The lowest BCUT2D eigenvalue weighted by Crippen LogP contribution is -2.16. The van der Waals surface area contributed by atoms with Gasteiger partial charge >= 0.3 is 0 Å². The van der Waals surface area contributed by atoms with E-state index in [1.54, 1.807) is 18.2 Å². The second-order valence-corrected chi connectivity index (χ2v) is 6.86. The van der Waals surface area contributed by atoms with Crippen LogP contribution in [0.15, 0.2) is 35.4 Å². The molecule has 22 heavy (non-hydrogen) atoms. The first-order chi connectivity index (χ1) is 10.5. The van der Waals surface area contributed by atoms with Crippen LogP contribution >= 0.6 is 23.2 Å². The predicted molar refractivity (Wildman–Crippen MR) is 82.5 cm³/mol. The van der Waals surface area contributed by atoms with Gasteiger partial charge in [0.15, 0.2) is 11.5 Å². The van der Waals surface area contributed by atoms with E-state index in [2.05, 4.69) is 9.71 Å². The van der Waals surface area contributed by atoms with Crippen LogP contribution in [0.25, 0.3) is 0 Å². The zero-order valence-corrected chi connectivity index (χ0v) is 13.4. The first kappa shape index (κ1) is 15.2. The van der Waals surface area contributed by atoms with Crippen molar-refractivity contribution < 1.29 is 17.9 Å². The van der Waals surface area contributed by atoms with Crippen LogP contribution in [0.2, 0.25) is 10.2 Å². The lowest BCUT2D eigenvalue weighted by molar-refractivity contribution is 0.171. The fourth-order valence-electron chi connectivity index (χ4n) is 1.87. The normalized spacial score (nSPS) is 13.7. The molecule has 0 aliphatic carbocycles. The summed E-state index contributed by atoms with van der Waals surface area (Å²) in [5, 5.41) is 0.103. The molecule has 0 atom stereocenters. The standard InChI is InChI=1S/C13H10Cl2N2O4S/c14-10-6-9(7-16-13(10)15)22(18,19)17-8-1-2-11-12(5-8)21-4-3-20-11/h1-2,5-7,17H,3-4H2. The summed E-state index contributed by atoms with van der Waals surface area (Å²) in [5.74, 6) is 1.06. The van der Waals surface area contributed by atoms with Crippen LogP contribution in [-0.4, -0.2) is 26.6 Å². The fourth-order valence-corrected chi connectivity index (χ4v) is 3.23. The SMILES string of the molecule is O=S(=O)(Nc1ccc2c(c1)OCCO2)c1cnc(Cl)c(Cl)c1. The van der Waals surface area contributed by atoms with Crippen molar-refractivity contribution in [3.05, 3.63) is 40.6 Å². The molecular weight excluding hydrogens is 351 g/mol. The van der Waals surface area contributed by atoms with Crippen molar-refractivity contribution in [1.29, 1.82) is 0 Å². The van der Waals surface area contributed by atoms with Gasteiger partial charge in [-0.25, -0.2) is 13.4 Å². The lowest BCUT2D eigenvalue weighted by atomic mass is 10.3. The number of ether oxygens (including phenoxy) is 2. The van der Waals surface area contributed by atoms with Crippen molar-refractivity contribution in [2.45, 2.75) is 4.90 Å². The second-order valence-electron chi connectivity index (χ2n) is 4.41. The van der Waals surface area contributed by atoms with Gasteiger partial charge in [-0.1, -0.05) is 23.2 Å². The lowest BCUT2D eigenvalue weighted by Gasteiger charge is -2.19. The van der Waals surface area contributed by atoms with Crippen molar-refractivity contribution in [2.24, 2.45) is 0 Å². The van der Waals surface area contributed by atoms with Crippen molar-refractivity contribution in [2.75, 3.05) is 17.9 Å². The average Bonchev–Trinajstić information content (AvgIpc) is 2.49. The molecule has 116 valence electrons. The highest BCUT2D eigenvalue weighted by Gasteiger charge is 2.18. The molecule has 0 spiro atoms. The Morgan fingerprint density at radius 3 is 2.55 bits per heavy atom. The van der Waals surface area contributed by atoms with Crippen LogP contribution in [0, 0.1) is 0 Å². The van der Waals surface area contributed by atoms with Gasteiger partial charge in [0.1, 0.15) is 23.3 Å². The average molecular weight is 361 g/mol. The van der Waals surface area contributed by atoms with Crippen molar-refractivity contribution in [1.82, 2.24) is 4.98 Å². The molecule has 0 amide bonds. The summed E-state index contributed by atoms with van der Waals surface area (Å²) < 4.78 is 37.8. The highest BCUT2D eigenvalue weighted by atomic mass is 35.5. The molecule has 0 saturated carbocycles. The molecular formula is C13H10Cl2N2O4S. The number of halogens is 2. The molecule has 0 radical (unpaired) electrons. The van der Waals surface area contributed by atoms with Gasteiger partial charge in [-0.05, 0) is 18.2 Å². The van der Waals surface area contributed by atoms with Gasteiger partial charge in [0.05, 0.1) is 10.7 Å². The summed E-state index contributed by atoms with van der Waals surface area (Å²) in [5.41, 5.74) is 0.343. The summed E-state index contributed by atoms with van der Waals surface area (Å²) in [6.07, 6.45) is 1.13. The Labute approximate surface area is 137 Å². The molecule has 3 rings (SSSR count). The van der Waals surface area contributed by atoms with Crippen molar-refractivity contribution in [3.8, 4) is 11.5 Å². The van der Waals surface area contributed by atoms with E-state index < -0.39 is 10.0 Å². The molecule has 1 aliphatic rings. The number of rotatable bonds is 3. The Morgan fingerprint density at radius 2 is 1.82 bits per heavy atom. The number of fused-ring (bicyclic) bond motifs is 1. The fraction of sp³-hybridized carbons (Fsp3) is 0.154. The van der Waals surface area contributed by atoms with E-state index in [1.165, 1.54) is 6.07 Å². The second kappa shape index (κ2) is 5.83. The molecule has 1 N–H and O–H groups in total. The van der Waals surface area contributed by atoms with Crippen LogP contribution < -0.4 is 14.2 Å². The molecule has 1 aromatic heterocycles. The quantitative estimate of drug-likeness (QED) is 0.851. The molecule has 0 fully saturated rings. The van der Waals surface area contributed by atoms with E-state index in [1.807, 2.05) is 0 Å². The molecule has 0 saturated heterocycles. The van der Waals surface area contributed by atoms with Gasteiger partial charge in [-0.15, -0.1) is 0 Å². The number of benzene rings is 1. The minimum atomic E-state index is -3.83. The first-order valence-electron chi connectivity index (χ1n) is 6.19. The Kier molecular flexibility index (Phi) is 4.03. The molecule has 2 heterocycles. The number of sulfonamides is 1. The van der Waals surface area contributed by atoms with Gasteiger partial charge in [0.25, 0.3) is 10.0 Å². The van der Waals surface area contributed by atoms with Gasteiger partial charge in [0, 0.05) is 12.3 Å². The maximum atomic E-state index is 12.3. The van der Waals surface area contributed by atoms with Crippen molar-refractivity contribution in [3.63, 3.8) is 0 Å². The van der Waals surface area contributed by atoms with E-state index in [9.17, 15) is 8.42 Å². The maximum Gasteiger partial charge on any atom is 0.263 e. The molecule has 0 unspecified atom stereocenters. The first-order valence-corrected chi connectivity index (χ1v) is 8.43. The minimum Gasteiger partial charge on any atom is -0.486 e. The Hall–Kier alpha value is -1.70. The van der Waals surface area contributed by atoms with E-state index in [4.69, 9.17) is 32.7 Å². The van der Waals surface area contributed by atoms with E-state index in [0.29, 0.717) is 30.4 Å². The van der Waals surface area contributed by atoms with Gasteiger partial charge < -0.3 is 9.47 Å². The number of hydrogen-bond acceptors (Lipinski definition) is 5. The molecule has 2 aromatic rings. The smallest absolute Gasteiger partial charge is 0.263 e. The minimum absolute atomic E-state index is 0.0416. The third kappa shape index (κ3) is 3.06. The van der Waals surface area contributed by atoms with Crippen molar-refractivity contribution >= 4 is 38.9 Å². The molecule has 1 aromatic carbocycles. The number of pyridine rings is 1. The topological polar surface area (TPSA) is 77.5 Å². The van der Waals surface area contributed by atoms with Crippen LogP contribution in [0.5, 0.6) is 11.5 Å². The highest BCUT2D eigenvalue weighted by Crippen LogP contribution is 2.33. The predicted octanol–water partition coefficient (Wildman–Crippen LogP) is 2.96. The van der Waals surface area contributed by atoms with Crippen LogP contribution in [0.3, 0.4) is 0 Å². The Balaban J connectivity index is 1.89. The molecule has 0 bridgehead atoms. The monoisotopic (exact) mass is 360 g/mol.